The van der Waals surface area contributed by atoms with E-state index in [1.165, 1.54) is 0 Å². The predicted molar refractivity (Wildman–Crippen MR) is 50.5 cm³/mol. The minimum absolute atomic E-state index is 0.310. The van der Waals surface area contributed by atoms with Crippen molar-refractivity contribution < 1.29 is 0 Å². The molecule has 0 aliphatic carbocycles. The second-order valence-electron chi connectivity index (χ2n) is 3.96. The lowest BCUT2D eigenvalue weighted by molar-refractivity contribution is 0.254. The van der Waals surface area contributed by atoms with Crippen LogP contribution >= 0.6 is 0 Å². The normalized spacial score (nSPS) is 19.9. The lowest BCUT2D eigenvalue weighted by Gasteiger charge is -2.25. The molecule has 0 heterocycles. The van der Waals surface area contributed by atoms with Gasteiger partial charge in [-0.2, -0.15) is 0 Å². The molecular formula is C9H22N2. The van der Waals surface area contributed by atoms with Crippen LogP contribution in [0.25, 0.3) is 0 Å². The van der Waals surface area contributed by atoms with Crippen molar-refractivity contribution in [3.05, 3.63) is 0 Å². The van der Waals surface area contributed by atoms with Gasteiger partial charge in [0.1, 0.15) is 0 Å². The highest BCUT2D eigenvalue weighted by molar-refractivity contribution is 4.71. The van der Waals surface area contributed by atoms with Gasteiger partial charge in [-0.15, -0.1) is 0 Å². The lowest BCUT2D eigenvalue weighted by atomic mass is 9.90. The van der Waals surface area contributed by atoms with Crippen LogP contribution in [-0.4, -0.2) is 31.6 Å². The Hall–Kier alpha value is -0.0800. The van der Waals surface area contributed by atoms with Crippen LogP contribution in [0.2, 0.25) is 0 Å². The fraction of sp³-hybridized carbons (Fsp3) is 1.00. The van der Waals surface area contributed by atoms with E-state index in [2.05, 4.69) is 39.8 Å². The van der Waals surface area contributed by atoms with Gasteiger partial charge in [0.25, 0.3) is 0 Å². The van der Waals surface area contributed by atoms with E-state index in [0.29, 0.717) is 17.9 Å². The summed E-state index contributed by atoms with van der Waals surface area (Å²) < 4.78 is 0. The minimum Gasteiger partial charge on any atom is -0.328 e. The summed E-state index contributed by atoms with van der Waals surface area (Å²) in [5.74, 6) is 1.29. The van der Waals surface area contributed by atoms with Crippen molar-refractivity contribution in [3.8, 4) is 0 Å². The van der Waals surface area contributed by atoms with E-state index >= 15 is 0 Å². The van der Waals surface area contributed by atoms with E-state index in [1.54, 1.807) is 0 Å². The molecule has 0 aromatic rings. The third-order valence-electron chi connectivity index (χ3n) is 2.38. The Morgan fingerprint density at radius 2 is 1.64 bits per heavy atom. The molecule has 68 valence electrons. The highest BCUT2D eigenvalue weighted by Crippen LogP contribution is 2.13. The number of hydrogen-bond acceptors (Lipinski definition) is 2. The summed E-state index contributed by atoms with van der Waals surface area (Å²) in [4.78, 5) is 2.21. The van der Waals surface area contributed by atoms with Crippen LogP contribution in [0, 0.1) is 11.8 Å². The maximum atomic E-state index is 5.79. The molecule has 0 aliphatic rings. The van der Waals surface area contributed by atoms with Gasteiger partial charge in [0, 0.05) is 12.6 Å². The number of nitrogens with zero attached hydrogens (tertiary/aromatic N) is 1. The molecule has 0 radical (unpaired) electrons. The molecule has 2 nitrogen and oxygen atoms in total. The zero-order valence-corrected chi connectivity index (χ0v) is 8.46. The van der Waals surface area contributed by atoms with E-state index < -0.39 is 0 Å². The lowest BCUT2D eigenvalue weighted by Crippen LogP contribution is -2.34. The average molecular weight is 158 g/mol. The molecular weight excluding hydrogens is 136 g/mol. The van der Waals surface area contributed by atoms with Gasteiger partial charge >= 0.3 is 0 Å². The first kappa shape index (κ1) is 10.9. The van der Waals surface area contributed by atoms with Crippen LogP contribution in [0.15, 0.2) is 0 Å². The summed E-state index contributed by atoms with van der Waals surface area (Å²) in [6, 6.07) is 0.310. The van der Waals surface area contributed by atoms with Gasteiger partial charge in [-0.25, -0.2) is 0 Å². The molecule has 3 atom stereocenters. The maximum Gasteiger partial charge on any atom is 0.00391 e. The Labute approximate surface area is 70.8 Å². The van der Waals surface area contributed by atoms with Crippen LogP contribution in [0.3, 0.4) is 0 Å². The number of hydrogen-bond donors (Lipinski definition) is 1. The Balaban J connectivity index is 3.73. The molecule has 0 amide bonds. The number of nitrogens with two attached hydrogens (primary N) is 1. The van der Waals surface area contributed by atoms with Crippen LogP contribution < -0.4 is 5.73 Å². The third-order valence-corrected chi connectivity index (χ3v) is 2.38. The maximum absolute atomic E-state index is 5.79. The first-order valence-electron chi connectivity index (χ1n) is 4.35. The fourth-order valence-corrected chi connectivity index (χ4v) is 1.26. The van der Waals surface area contributed by atoms with E-state index in [9.17, 15) is 0 Å². The van der Waals surface area contributed by atoms with Crippen LogP contribution in [-0.2, 0) is 0 Å². The van der Waals surface area contributed by atoms with Gasteiger partial charge in [0.2, 0.25) is 0 Å². The molecule has 0 saturated carbocycles. The van der Waals surface area contributed by atoms with Crippen LogP contribution in [0.1, 0.15) is 20.8 Å². The largest absolute Gasteiger partial charge is 0.328 e. The van der Waals surface area contributed by atoms with Crippen molar-refractivity contribution in [2.24, 2.45) is 17.6 Å². The molecule has 0 fully saturated rings. The van der Waals surface area contributed by atoms with Crippen molar-refractivity contribution in [2.75, 3.05) is 20.6 Å². The van der Waals surface area contributed by atoms with E-state index in [1.807, 2.05) is 0 Å². The van der Waals surface area contributed by atoms with E-state index in [4.69, 9.17) is 5.73 Å². The highest BCUT2D eigenvalue weighted by atomic mass is 15.1. The molecule has 11 heavy (non-hydrogen) atoms. The third kappa shape index (κ3) is 4.38. The quantitative estimate of drug-likeness (QED) is 0.665. The standard InChI is InChI=1S/C9H22N2/c1-7(6-11(4)5)8(2)9(3)10/h7-9H,6,10H2,1-5H3. The van der Waals surface area contributed by atoms with Crippen molar-refractivity contribution in [1.29, 1.82) is 0 Å². The zero-order chi connectivity index (χ0) is 9.02. The van der Waals surface area contributed by atoms with Crippen LogP contribution in [0.4, 0.5) is 0 Å². The second kappa shape index (κ2) is 4.73. The molecule has 2 heteroatoms. The molecule has 0 spiro atoms. The van der Waals surface area contributed by atoms with Gasteiger partial charge in [0.15, 0.2) is 0 Å². The van der Waals surface area contributed by atoms with Gasteiger partial charge in [-0.05, 0) is 32.9 Å². The van der Waals surface area contributed by atoms with Crippen LogP contribution in [0.5, 0.6) is 0 Å². The summed E-state index contributed by atoms with van der Waals surface area (Å²) in [6.07, 6.45) is 0. The van der Waals surface area contributed by atoms with Crippen molar-refractivity contribution in [3.63, 3.8) is 0 Å². The van der Waals surface area contributed by atoms with Gasteiger partial charge in [0.05, 0.1) is 0 Å². The second-order valence-corrected chi connectivity index (χ2v) is 3.96. The van der Waals surface area contributed by atoms with Gasteiger partial charge < -0.3 is 10.6 Å². The van der Waals surface area contributed by atoms with Crippen molar-refractivity contribution in [1.82, 2.24) is 4.90 Å². The van der Waals surface area contributed by atoms with Crippen molar-refractivity contribution >= 4 is 0 Å². The molecule has 0 aliphatic heterocycles. The fourth-order valence-electron chi connectivity index (χ4n) is 1.26. The smallest absolute Gasteiger partial charge is 0.00391 e. The highest BCUT2D eigenvalue weighted by Gasteiger charge is 2.16. The molecule has 0 bridgehead atoms. The monoisotopic (exact) mass is 158 g/mol. The topological polar surface area (TPSA) is 29.3 Å². The van der Waals surface area contributed by atoms with Crippen molar-refractivity contribution in [2.45, 2.75) is 26.8 Å². The summed E-state index contributed by atoms with van der Waals surface area (Å²) in [5.41, 5.74) is 5.79. The molecule has 0 aromatic carbocycles. The molecule has 0 aromatic heterocycles. The number of rotatable bonds is 4. The Kier molecular flexibility index (Phi) is 4.69. The van der Waals surface area contributed by atoms with Gasteiger partial charge in [-0.3, -0.25) is 0 Å². The summed E-state index contributed by atoms with van der Waals surface area (Å²) in [6.45, 7) is 7.69. The van der Waals surface area contributed by atoms with E-state index in [-0.39, 0.29) is 0 Å². The summed E-state index contributed by atoms with van der Waals surface area (Å²) in [5, 5.41) is 0. The predicted octanol–water partition coefficient (Wildman–Crippen LogP) is 1.17. The molecule has 2 N–H and O–H groups in total. The van der Waals surface area contributed by atoms with Gasteiger partial charge in [-0.1, -0.05) is 13.8 Å². The SMILES string of the molecule is CC(N)C(C)C(C)CN(C)C. The molecule has 0 saturated heterocycles. The molecule has 3 unspecified atom stereocenters. The Morgan fingerprint density at radius 1 is 1.18 bits per heavy atom. The van der Waals surface area contributed by atoms with E-state index in [0.717, 1.165) is 6.54 Å². The summed E-state index contributed by atoms with van der Waals surface area (Å²) in [7, 11) is 4.20. The first-order valence-corrected chi connectivity index (χ1v) is 4.35. The average Bonchev–Trinajstić information content (AvgIpc) is 1.84. The first-order chi connectivity index (χ1) is 4.95. The minimum atomic E-state index is 0.310. The Morgan fingerprint density at radius 3 is 1.91 bits per heavy atom. The zero-order valence-electron chi connectivity index (χ0n) is 8.46. The summed E-state index contributed by atoms with van der Waals surface area (Å²) >= 11 is 0. The molecule has 0 rings (SSSR count). The Bertz CT molecular complexity index is 99.7.